The summed E-state index contributed by atoms with van der Waals surface area (Å²) in [5.74, 6) is 0.0752. The second-order valence-electron chi connectivity index (χ2n) is 6.42. The summed E-state index contributed by atoms with van der Waals surface area (Å²) in [4.78, 5) is 17.6. The van der Waals surface area contributed by atoms with Gasteiger partial charge in [0.05, 0.1) is 5.75 Å². The number of rotatable bonds is 5. The summed E-state index contributed by atoms with van der Waals surface area (Å²) >= 11 is 5.98. The molecule has 1 fully saturated rings. The number of hydrogen-bond acceptors (Lipinski definition) is 3. The van der Waals surface area contributed by atoms with Gasteiger partial charge < -0.3 is 9.88 Å². The minimum Gasteiger partial charge on any atom is -0.351 e. The first kappa shape index (κ1) is 18.2. The molecule has 0 unspecified atom stereocenters. The Bertz CT molecular complexity index is 870. The monoisotopic (exact) mass is 383 g/mol. The lowest BCUT2D eigenvalue weighted by Crippen LogP contribution is -2.47. The fraction of sp³-hybridized carbons (Fsp3) is 0.471. The molecule has 0 bridgehead atoms. The Kier molecular flexibility index (Phi) is 5.36. The number of aromatic nitrogens is 1. The van der Waals surface area contributed by atoms with E-state index in [1.165, 1.54) is 0 Å². The van der Waals surface area contributed by atoms with E-state index < -0.39 is 10.0 Å². The molecule has 2 N–H and O–H groups in total. The molecule has 2 heterocycles. The van der Waals surface area contributed by atoms with Crippen molar-refractivity contribution in [2.45, 2.75) is 32.2 Å². The first-order valence-corrected chi connectivity index (χ1v) is 10.5. The third-order valence-electron chi connectivity index (χ3n) is 4.41. The fourth-order valence-electron chi connectivity index (χ4n) is 3.17. The molecule has 0 aliphatic carbocycles. The highest BCUT2D eigenvalue weighted by atomic mass is 35.5. The lowest BCUT2D eigenvalue weighted by molar-refractivity contribution is 0.0706. The molecule has 2 aromatic rings. The van der Waals surface area contributed by atoms with Crippen LogP contribution in [0.5, 0.6) is 0 Å². The zero-order valence-electron chi connectivity index (χ0n) is 14.1. The number of hydrogen-bond donors (Lipinski definition) is 2. The Balaban J connectivity index is 1.63. The minimum atomic E-state index is -3.21. The molecule has 0 spiro atoms. The van der Waals surface area contributed by atoms with E-state index in [4.69, 9.17) is 11.6 Å². The Labute approximate surface area is 152 Å². The molecule has 1 aromatic heterocycles. The maximum absolute atomic E-state index is 12.7. The number of benzene rings is 1. The second kappa shape index (κ2) is 7.35. The molecular formula is C17H22ClN3O3S. The van der Waals surface area contributed by atoms with E-state index in [2.05, 4.69) is 9.71 Å². The van der Waals surface area contributed by atoms with Crippen molar-refractivity contribution in [3.8, 4) is 0 Å². The highest BCUT2D eigenvalue weighted by Gasteiger charge is 2.26. The van der Waals surface area contributed by atoms with Crippen molar-refractivity contribution >= 4 is 38.4 Å². The number of halogens is 1. The summed E-state index contributed by atoms with van der Waals surface area (Å²) in [6.45, 7) is 2.91. The van der Waals surface area contributed by atoms with Crippen molar-refractivity contribution in [2.24, 2.45) is 0 Å². The molecule has 6 nitrogen and oxygen atoms in total. The first-order valence-electron chi connectivity index (χ1n) is 8.45. The summed E-state index contributed by atoms with van der Waals surface area (Å²) < 4.78 is 26.4. The van der Waals surface area contributed by atoms with Crippen LogP contribution in [0.15, 0.2) is 24.3 Å². The zero-order chi connectivity index (χ0) is 18.0. The first-order chi connectivity index (χ1) is 11.9. The molecule has 1 saturated heterocycles. The number of sulfonamides is 1. The van der Waals surface area contributed by atoms with Gasteiger partial charge in [-0.25, -0.2) is 13.1 Å². The average Bonchev–Trinajstić information content (AvgIpc) is 2.97. The van der Waals surface area contributed by atoms with Crippen molar-refractivity contribution < 1.29 is 13.2 Å². The van der Waals surface area contributed by atoms with Crippen LogP contribution < -0.4 is 4.72 Å². The Morgan fingerprint density at radius 2 is 2.04 bits per heavy atom. The van der Waals surface area contributed by atoms with E-state index in [0.29, 0.717) is 43.1 Å². The maximum Gasteiger partial charge on any atom is 0.270 e. The molecule has 0 atom stereocenters. The molecule has 136 valence electrons. The molecule has 3 rings (SSSR count). The average molecular weight is 384 g/mol. The molecule has 0 saturated carbocycles. The molecule has 0 radical (unpaired) electrons. The number of nitrogens with one attached hydrogen (secondary N) is 2. The van der Waals surface area contributed by atoms with Crippen molar-refractivity contribution in [2.75, 3.05) is 18.8 Å². The van der Waals surface area contributed by atoms with E-state index in [1.807, 2.05) is 19.1 Å². The van der Waals surface area contributed by atoms with Crippen LogP contribution in [0.1, 0.15) is 36.7 Å². The molecule has 1 aliphatic rings. The predicted molar refractivity (Wildman–Crippen MR) is 99.4 cm³/mol. The van der Waals surface area contributed by atoms with E-state index in [-0.39, 0.29) is 17.7 Å². The van der Waals surface area contributed by atoms with Gasteiger partial charge in [0, 0.05) is 35.1 Å². The molecule has 1 aliphatic heterocycles. The van der Waals surface area contributed by atoms with Crippen molar-refractivity contribution in [1.29, 1.82) is 0 Å². The summed E-state index contributed by atoms with van der Waals surface area (Å²) in [6.07, 6.45) is 1.85. The maximum atomic E-state index is 12.7. The van der Waals surface area contributed by atoms with Crippen LogP contribution in [0.25, 0.3) is 10.9 Å². The zero-order valence-corrected chi connectivity index (χ0v) is 15.7. The van der Waals surface area contributed by atoms with Gasteiger partial charge in [-0.2, -0.15) is 0 Å². The third kappa shape index (κ3) is 4.34. The largest absolute Gasteiger partial charge is 0.351 e. The summed E-state index contributed by atoms with van der Waals surface area (Å²) in [5, 5.41) is 1.53. The van der Waals surface area contributed by atoms with Gasteiger partial charge in [-0.05, 0) is 43.5 Å². The Hall–Kier alpha value is -1.57. The van der Waals surface area contributed by atoms with Gasteiger partial charge >= 0.3 is 0 Å². The van der Waals surface area contributed by atoms with Crippen LogP contribution in [0.2, 0.25) is 5.02 Å². The molecule has 25 heavy (non-hydrogen) atoms. The lowest BCUT2D eigenvalue weighted by Gasteiger charge is -2.32. The molecule has 8 heteroatoms. The van der Waals surface area contributed by atoms with Crippen LogP contribution >= 0.6 is 11.6 Å². The van der Waals surface area contributed by atoms with E-state index in [9.17, 15) is 13.2 Å². The van der Waals surface area contributed by atoms with Gasteiger partial charge in [0.15, 0.2) is 0 Å². The topological polar surface area (TPSA) is 82.3 Å². The lowest BCUT2D eigenvalue weighted by atomic mass is 10.1. The number of fused-ring (bicyclic) bond motifs is 1. The number of likely N-dealkylation sites (tertiary alicyclic amines) is 1. The Morgan fingerprint density at radius 1 is 1.32 bits per heavy atom. The molecular weight excluding hydrogens is 362 g/mol. The Morgan fingerprint density at radius 3 is 2.72 bits per heavy atom. The van der Waals surface area contributed by atoms with Gasteiger partial charge in [-0.15, -0.1) is 0 Å². The third-order valence-corrected chi connectivity index (χ3v) is 6.29. The summed E-state index contributed by atoms with van der Waals surface area (Å²) in [6, 6.07) is 7.16. The number of piperidine rings is 1. The normalized spacial score (nSPS) is 16.5. The van der Waals surface area contributed by atoms with Gasteiger partial charge in [0.2, 0.25) is 10.0 Å². The number of carbonyl (C=O) groups excluding carboxylic acids is 1. The highest BCUT2D eigenvalue weighted by Crippen LogP contribution is 2.22. The SMILES string of the molecule is CCCS(=O)(=O)NC1CCN(C(=O)c2cc3cc(Cl)ccc3[nH]2)CC1. The minimum absolute atomic E-state index is 0.0674. The van der Waals surface area contributed by atoms with Gasteiger partial charge in [0.25, 0.3) is 5.91 Å². The van der Waals surface area contributed by atoms with Crippen LogP contribution in [-0.4, -0.2) is 49.1 Å². The summed E-state index contributed by atoms with van der Waals surface area (Å²) in [7, 11) is -3.21. The standard InChI is InChI=1S/C17H22ClN3O3S/c1-2-9-25(23,24)20-14-5-7-21(8-6-14)17(22)16-11-12-10-13(18)3-4-15(12)19-16/h3-4,10-11,14,19-20H,2,5-9H2,1H3. The van der Waals surface area contributed by atoms with E-state index >= 15 is 0 Å². The van der Waals surface area contributed by atoms with Crippen LogP contribution in [-0.2, 0) is 10.0 Å². The molecule has 1 aromatic carbocycles. The highest BCUT2D eigenvalue weighted by molar-refractivity contribution is 7.89. The summed E-state index contributed by atoms with van der Waals surface area (Å²) in [5.41, 5.74) is 1.40. The predicted octanol–water partition coefficient (Wildman–Crippen LogP) is 2.76. The van der Waals surface area contributed by atoms with Crippen LogP contribution in [0, 0.1) is 0 Å². The number of aromatic amines is 1. The quantitative estimate of drug-likeness (QED) is 0.832. The van der Waals surface area contributed by atoms with Crippen LogP contribution in [0.4, 0.5) is 0 Å². The molecule has 1 amide bonds. The van der Waals surface area contributed by atoms with E-state index in [0.717, 1.165) is 10.9 Å². The van der Waals surface area contributed by atoms with Crippen molar-refractivity contribution in [3.63, 3.8) is 0 Å². The van der Waals surface area contributed by atoms with Gasteiger partial charge in [-0.3, -0.25) is 4.79 Å². The number of carbonyl (C=O) groups is 1. The van der Waals surface area contributed by atoms with Crippen LogP contribution in [0.3, 0.4) is 0 Å². The number of nitrogens with zero attached hydrogens (tertiary/aromatic N) is 1. The number of amides is 1. The van der Waals surface area contributed by atoms with E-state index in [1.54, 1.807) is 17.0 Å². The van der Waals surface area contributed by atoms with Crippen molar-refractivity contribution in [3.05, 3.63) is 35.0 Å². The smallest absolute Gasteiger partial charge is 0.270 e. The number of H-pyrrole nitrogens is 1. The second-order valence-corrected chi connectivity index (χ2v) is 8.73. The van der Waals surface area contributed by atoms with Crippen molar-refractivity contribution in [1.82, 2.24) is 14.6 Å². The van der Waals surface area contributed by atoms with Gasteiger partial charge in [-0.1, -0.05) is 18.5 Å². The van der Waals surface area contributed by atoms with Gasteiger partial charge in [0.1, 0.15) is 5.69 Å². The fourth-order valence-corrected chi connectivity index (χ4v) is 4.75.